The van der Waals surface area contributed by atoms with Crippen LogP contribution in [0.25, 0.3) is 11.0 Å². The first-order valence-corrected chi connectivity index (χ1v) is 12.6. The average Bonchev–Trinajstić information content (AvgIpc) is 3.27. The third-order valence-corrected chi connectivity index (χ3v) is 7.28. The van der Waals surface area contributed by atoms with Crippen LogP contribution in [0.4, 0.5) is 0 Å². The quantitative estimate of drug-likeness (QED) is 0.208. The molecule has 6 nitrogen and oxygen atoms in total. The summed E-state index contributed by atoms with van der Waals surface area (Å²) in [6.45, 7) is 0. The van der Waals surface area contributed by atoms with Gasteiger partial charge in [-0.3, -0.25) is 9.59 Å². The summed E-state index contributed by atoms with van der Waals surface area (Å²) in [5.74, 6) is 0.471. The van der Waals surface area contributed by atoms with E-state index in [-0.39, 0.29) is 23.1 Å². The molecular formula is C21H14Br2N4O2S2. The maximum atomic E-state index is 12.4. The Labute approximate surface area is 203 Å². The first-order chi connectivity index (χ1) is 15.0. The van der Waals surface area contributed by atoms with E-state index in [1.165, 1.54) is 23.5 Å². The molecule has 0 aliphatic rings. The highest BCUT2D eigenvalue weighted by atomic mass is 79.9. The van der Waals surface area contributed by atoms with E-state index in [9.17, 15) is 9.59 Å². The Bertz CT molecular complexity index is 1150. The minimum atomic E-state index is 0.00142. The number of rotatable bonds is 8. The summed E-state index contributed by atoms with van der Waals surface area (Å²) in [4.78, 5) is 32.3. The molecule has 4 aromatic rings. The number of fused-ring (bicyclic) bond motifs is 1. The van der Waals surface area contributed by atoms with Crippen molar-refractivity contribution in [2.75, 3.05) is 11.5 Å². The predicted molar refractivity (Wildman–Crippen MR) is 130 cm³/mol. The number of benzene rings is 2. The molecule has 0 radical (unpaired) electrons. The van der Waals surface area contributed by atoms with Gasteiger partial charge in [0.2, 0.25) is 0 Å². The number of H-pyrrole nitrogens is 1. The molecule has 1 N–H and O–H groups in total. The number of nitrogens with zero attached hydrogens (tertiary/aromatic N) is 3. The molecule has 0 aliphatic carbocycles. The number of thioether (sulfide) groups is 2. The van der Waals surface area contributed by atoms with Gasteiger partial charge in [0.05, 0.1) is 17.8 Å². The number of carbonyl (C=O) groups excluding carboxylic acids is 2. The van der Waals surface area contributed by atoms with Crippen molar-refractivity contribution >= 4 is 78.0 Å². The highest BCUT2D eigenvalue weighted by Gasteiger charge is 2.16. The second-order valence-corrected chi connectivity index (χ2v) is 10.1. The van der Waals surface area contributed by atoms with Crippen LogP contribution in [-0.2, 0) is 0 Å². The topological polar surface area (TPSA) is 88.6 Å². The average molecular weight is 578 g/mol. The number of halogens is 2. The number of aromatic amines is 1. The van der Waals surface area contributed by atoms with E-state index in [1.54, 1.807) is 30.6 Å². The molecule has 0 saturated heterocycles. The third-order valence-electron chi connectivity index (χ3n) is 4.30. The summed E-state index contributed by atoms with van der Waals surface area (Å²) in [5, 5.41) is 9.69. The summed E-state index contributed by atoms with van der Waals surface area (Å²) >= 11 is 9.33. The monoisotopic (exact) mass is 576 g/mol. The molecule has 0 amide bonds. The fourth-order valence-corrected chi connectivity index (χ4v) is 4.90. The molecule has 31 heavy (non-hydrogen) atoms. The first-order valence-electron chi connectivity index (χ1n) is 9.04. The van der Waals surface area contributed by atoms with Crippen molar-refractivity contribution in [1.29, 1.82) is 0 Å². The zero-order valence-corrected chi connectivity index (χ0v) is 20.6. The van der Waals surface area contributed by atoms with E-state index < -0.39 is 0 Å². The van der Waals surface area contributed by atoms with Gasteiger partial charge in [-0.05, 0) is 24.3 Å². The number of aromatic nitrogens is 4. The number of imidazole rings is 1. The minimum Gasteiger partial charge on any atom is -0.342 e. The van der Waals surface area contributed by atoms with Gasteiger partial charge in [0.15, 0.2) is 11.6 Å². The van der Waals surface area contributed by atoms with Gasteiger partial charge >= 0.3 is 0 Å². The highest BCUT2D eigenvalue weighted by molar-refractivity contribution is 9.10. The first kappa shape index (κ1) is 22.2. The molecule has 4 rings (SSSR count). The molecule has 0 bridgehead atoms. The van der Waals surface area contributed by atoms with Crippen molar-refractivity contribution in [3.8, 4) is 0 Å². The SMILES string of the molecule is O=C(CSc1nnc(SCC(=O)c2ccc(Br)cc2)c2[nH]cnc12)c1ccc(Br)cc1. The van der Waals surface area contributed by atoms with Crippen LogP contribution in [0.5, 0.6) is 0 Å². The van der Waals surface area contributed by atoms with Gasteiger partial charge < -0.3 is 4.98 Å². The normalized spacial score (nSPS) is 11.0. The smallest absolute Gasteiger partial charge is 0.173 e. The van der Waals surface area contributed by atoms with E-state index in [1.807, 2.05) is 24.3 Å². The number of hydrogen-bond acceptors (Lipinski definition) is 7. The standard InChI is InChI=1S/C21H14Br2N4O2S2/c22-14-5-1-12(2-6-14)16(28)9-30-20-18-19(25-11-24-18)21(27-26-20)31-10-17(29)13-3-7-15(23)8-4-13/h1-8,11H,9-10H2,(H,24,25). The zero-order valence-electron chi connectivity index (χ0n) is 15.8. The summed E-state index contributed by atoms with van der Waals surface area (Å²) < 4.78 is 1.85. The largest absolute Gasteiger partial charge is 0.342 e. The molecule has 0 fully saturated rings. The van der Waals surface area contributed by atoms with Gasteiger partial charge in [0.25, 0.3) is 0 Å². The van der Waals surface area contributed by atoms with E-state index >= 15 is 0 Å². The van der Waals surface area contributed by atoms with Crippen LogP contribution < -0.4 is 0 Å². The van der Waals surface area contributed by atoms with Crippen LogP contribution in [-0.4, -0.2) is 43.2 Å². The van der Waals surface area contributed by atoms with Crippen LogP contribution in [0.2, 0.25) is 0 Å². The molecule has 10 heteroatoms. The molecule has 0 atom stereocenters. The fraction of sp³-hybridized carbons (Fsp3) is 0.0952. The molecule has 0 spiro atoms. The van der Waals surface area contributed by atoms with E-state index in [0.717, 1.165) is 8.95 Å². The Morgan fingerprint density at radius 1 is 0.774 bits per heavy atom. The maximum absolute atomic E-state index is 12.4. The summed E-state index contributed by atoms with van der Waals surface area (Å²) in [6, 6.07) is 14.5. The van der Waals surface area contributed by atoms with E-state index in [2.05, 4.69) is 52.0 Å². The lowest BCUT2D eigenvalue weighted by Crippen LogP contribution is -2.04. The van der Waals surface area contributed by atoms with Crippen LogP contribution in [0, 0.1) is 0 Å². The van der Waals surface area contributed by atoms with Crippen molar-refractivity contribution < 1.29 is 9.59 Å². The minimum absolute atomic E-state index is 0.00142. The third kappa shape index (κ3) is 5.43. The van der Waals surface area contributed by atoms with Crippen molar-refractivity contribution in [3.63, 3.8) is 0 Å². The van der Waals surface area contributed by atoms with Crippen LogP contribution in [0.15, 0.2) is 73.9 Å². The van der Waals surface area contributed by atoms with Crippen molar-refractivity contribution in [2.24, 2.45) is 0 Å². The fourth-order valence-electron chi connectivity index (χ4n) is 2.71. The lowest BCUT2D eigenvalue weighted by atomic mass is 10.2. The Balaban J connectivity index is 1.44. The highest BCUT2D eigenvalue weighted by Crippen LogP contribution is 2.30. The summed E-state index contributed by atoms with van der Waals surface area (Å²) in [5.41, 5.74) is 2.63. The number of nitrogens with one attached hydrogen (secondary N) is 1. The van der Waals surface area contributed by atoms with Gasteiger partial charge in [-0.15, -0.1) is 10.2 Å². The Morgan fingerprint density at radius 3 is 1.81 bits per heavy atom. The summed E-state index contributed by atoms with van der Waals surface area (Å²) in [7, 11) is 0. The molecule has 2 aromatic heterocycles. The zero-order chi connectivity index (χ0) is 21.8. The molecule has 0 unspecified atom stereocenters. The Hall–Kier alpha value is -2.01. The predicted octanol–water partition coefficient (Wildman–Crippen LogP) is 5.83. The second kappa shape index (κ2) is 10.1. The van der Waals surface area contributed by atoms with Gasteiger partial charge in [-0.25, -0.2) is 4.98 Å². The molecular weight excluding hydrogens is 564 g/mol. The van der Waals surface area contributed by atoms with Crippen LogP contribution in [0.1, 0.15) is 20.7 Å². The molecule has 156 valence electrons. The van der Waals surface area contributed by atoms with Crippen molar-refractivity contribution in [2.45, 2.75) is 10.1 Å². The van der Waals surface area contributed by atoms with Gasteiger partial charge in [-0.1, -0.05) is 79.6 Å². The van der Waals surface area contributed by atoms with Crippen molar-refractivity contribution in [3.05, 3.63) is 74.9 Å². The molecule has 0 aliphatic heterocycles. The second-order valence-electron chi connectivity index (χ2n) is 6.37. The number of hydrogen-bond donors (Lipinski definition) is 1. The Kier molecular flexibility index (Phi) is 7.21. The number of Topliss-reactive ketones (excluding diaryl/α,β-unsaturated/α-hetero) is 2. The molecule has 0 saturated carbocycles. The lowest BCUT2D eigenvalue weighted by Gasteiger charge is -2.05. The van der Waals surface area contributed by atoms with E-state index in [4.69, 9.17) is 0 Å². The van der Waals surface area contributed by atoms with Crippen LogP contribution in [0.3, 0.4) is 0 Å². The number of carbonyl (C=O) groups is 2. The maximum Gasteiger partial charge on any atom is 0.173 e. The Morgan fingerprint density at radius 2 is 1.26 bits per heavy atom. The molecule has 2 heterocycles. The molecule has 2 aromatic carbocycles. The van der Waals surface area contributed by atoms with Gasteiger partial charge in [0.1, 0.15) is 21.1 Å². The van der Waals surface area contributed by atoms with Crippen LogP contribution >= 0.6 is 55.4 Å². The summed E-state index contributed by atoms with van der Waals surface area (Å²) in [6.07, 6.45) is 1.56. The lowest BCUT2D eigenvalue weighted by molar-refractivity contribution is 0.101. The van der Waals surface area contributed by atoms with Crippen molar-refractivity contribution in [1.82, 2.24) is 20.2 Å². The van der Waals surface area contributed by atoms with Gasteiger partial charge in [0, 0.05) is 20.1 Å². The van der Waals surface area contributed by atoms with E-state index in [0.29, 0.717) is 32.2 Å². The number of ketones is 2. The van der Waals surface area contributed by atoms with Gasteiger partial charge in [-0.2, -0.15) is 0 Å².